The maximum absolute atomic E-state index is 14.0. The minimum Gasteiger partial charge on any atom is -0.376 e. The molecule has 0 radical (unpaired) electrons. The highest BCUT2D eigenvalue weighted by atomic mass is 32.2. The molecule has 0 bridgehead atoms. The molecule has 11 aromatic rings. The molecular formula is C50H30F3N3O3S3. The predicted octanol–water partition coefficient (Wildman–Crippen LogP) is 15.3. The molecule has 0 saturated heterocycles. The summed E-state index contributed by atoms with van der Waals surface area (Å²) < 4.78 is 76.1. The summed E-state index contributed by atoms with van der Waals surface area (Å²) in [5.74, 6) is -0.479. The highest BCUT2D eigenvalue weighted by Crippen LogP contribution is 2.51. The van der Waals surface area contributed by atoms with Crippen LogP contribution in [0.3, 0.4) is 0 Å². The van der Waals surface area contributed by atoms with Gasteiger partial charge >= 0.3 is 15.6 Å². The van der Waals surface area contributed by atoms with Crippen LogP contribution < -0.4 is 14.0 Å². The maximum Gasteiger partial charge on any atom is 0.534 e. The minimum absolute atomic E-state index is 0.427. The Balaban J connectivity index is 1.20. The number of halogens is 3. The Kier molecular flexibility index (Phi) is 8.93. The molecule has 0 N–H and O–H groups in total. The van der Waals surface area contributed by atoms with E-state index in [1.165, 1.54) is 23.5 Å². The zero-order valence-corrected chi connectivity index (χ0v) is 34.7. The van der Waals surface area contributed by atoms with Crippen LogP contribution >= 0.6 is 22.7 Å². The number of benzene rings is 8. The van der Waals surface area contributed by atoms with E-state index in [0.29, 0.717) is 26.8 Å². The smallest absolute Gasteiger partial charge is 0.376 e. The fourth-order valence-corrected chi connectivity index (χ4v) is 11.2. The topological polar surface area (TPSA) is 62.7 Å². The molecule has 3 aromatic heterocycles. The molecule has 3 heterocycles. The fourth-order valence-electron chi connectivity index (χ4n) is 8.38. The van der Waals surface area contributed by atoms with Crippen LogP contribution in [0.15, 0.2) is 182 Å². The average Bonchev–Trinajstić information content (AvgIpc) is 3.86. The second-order valence-corrected chi connectivity index (χ2v) is 18.4. The first-order chi connectivity index (χ1) is 30.1. The number of hydrogen-bond donors (Lipinski definition) is 0. The molecule has 12 heteroatoms. The summed E-state index contributed by atoms with van der Waals surface area (Å²) in [5.41, 5.74) is -1.25. The molecule has 0 fully saturated rings. The van der Waals surface area contributed by atoms with Gasteiger partial charge < -0.3 is 14.0 Å². The lowest BCUT2D eigenvalue weighted by Crippen LogP contribution is -2.28. The number of hydrogen-bond acceptors (Lipinski definition) is 8. The van der Waals surface area contributed by atoms with E-state index >= 15 is 0 Å². The molecule has 6 nitrogen and oxygen atoms in total. The normalized spacial score (nSPS) is 12.2. The van der Waals surface area contributed by atoms with Gasteiger partial charge in [-0.2, -0.15) is 21.6 Å². The number of nitrogens with zero attached hydrogens (tertiary/aromatic N) is 3. The molecule has 0 spiro atoms. The van der Waals surface area contributed by atoms with Crippen molar-refractivity contribution in [1.82, 2.24) is 4.98 Å². The highest BCUT2D eigenvalue weighted by Gasteiger charge is 2.48. The standard InChI is InChI=1S/C50H30F3N3O3S3/c51-50(52,53)62(57,58)59-35-28-42-41-27-33(55(32-13-2-1-3-14-32)44-26-31-12-4-5-16-36(31)37-17-6-7-18-38(37)44)23-24-47(41)61-49(42)45(29-35)56(34-15-11-25-54-30-34)43-21-10-20-40-39-19-8-9-22-46(39)60-48(40)43/h1-30H. The molecule has 0 atom stereocenters. The lowest BCUT2D eigenvalue weighted by molar-refractivity contribution is -0.0500. The number of thiophene rings is 2. The van der Waals surface area contributed by atoms with E-state index in [0.717, 1.165) is 69.2 Å². The van der Waals surface area contributed by atoms with Gasteiger partial charge in [0.25, 0.3) is 0 Å². The summed E-state index contributed by atoms with van der Waals surface area (Å²) in [5, 5.41) is 7.59. The van der Waals surface area contributed by atoms with Gasteiger partial charge in [-0.25, -0.2) is 0 Å². The summed E-state index contributed by atoms with van der Waals surface area (Å²) in [4.78, 5) is 8.53. The summed E-state index contributed by atoms with van der Waals surface area (Å²) >= 11 is 3.06. The van der Waals surface area contributed by atoms with Crippen LogP contribution in [0.5, 0.6) is 5.75 Å². The first-order valence-corrected chi connectivity index (χ1v) is 22.5. The minimum atomic E-state index is -6.05. The predicted molar refractivity (Wildman–Crippen MR) is 250 cm³/mol. The van der Waals surface area contributed by atoms with Gasteiger partial charge in [-0.3, -0.25) is 4.98 Å². The van der Waals surface area contributed by atoms with Crippen LogP contribution in [-0.2, 0) is 10.1 Å². The third kappa shape index (κ3) is 6.29. The molecule has 62 heavy (non-hydrogen) atoms. The van der Waals surface area contributed by atoms with Crippen LogP contribution in [0.4, 0.5) is 47.3 Å². The van der Waals surface area contributed by atoms with Crippen molar-refractivity contribution in [2.45, 2.75) is 5.51 Å². The van der Waals surface area contributed by atoms with E-state index in [2.05, 4.69) is 52.3 Å². The molecule has 302 valence electrons. The highest BCUT2D eigenvalue weighted by molar-refractivity contribution is 7.88. The van der Waals surface area contributed by atoms with Gasteiger partial charge in [0.05, 0.1) is 38.3 Å². The lowest BCUT2D eigenvalue weighted by atomic mass is 9.99. The number of anilines is 6. The first-order valence-electron chi connectivity index (χ1n) is 19.5. The monoisotopic (exact) mass is 873 g/mol. The van der Waals surface area contributed by atoms with Crippen molar-refractivity contribution < 1.29 is 25.8 Å². The van der Waals surface area contributed by atoms with Gasteiger partial charge in [-0.05, 0) is 82.9 Å². The third-order valence-electron chi connectivity index (χ3n) is 11.0. The quantitative estimate of drug-likeness (QED) is 0.0861. The van der Waals surface area contributed by atoms with Crippen LogP contribution in [0.25, 0.3) is 61.9 Å². The van der Waals surface area contributed by atoms with Crippen molar-refractivity contribution in [2.75, 3.05) is 9.80 Å². The number of fused-ring (bicyclic) bond motifs is 9. The third-order valence-corrected chi connectivity index (χ3v) is 14.4. The van der Waals surface area contributed by atoms with E-state index < -0.39 is 21.4 Å². The Bertz CT molecular complexity index is 3650. The van der Waals surface area contributed by atoms with E-state index in [1.54, 1.807) is 29.8 Å². The Morgan fingerprint density at radius 2 is 1.15 bits per heavy atom. The van der Waals surface area contributed by atoms with E-state index in [-0.39, 0.29) is 0 Å². The number of alkyl halides is 3. The zero-order valence-electron chi connectivity index (χ0n) is 32.2. The second kappa shape index (κ2) is 14.6. The molecule has 0 aliphatic heterocycles. The van der Waals surface area contributed by atoms with Gasteiger partial charge in [-0.15, -0.1) is 22.7 Å². The molecule has 0 aliphatic carbocycles. The van der Waals surface area contributed by atoms with Crippen molar-refractivity contribution in [1.29, 1.82) is 0 Å². The fraction of sp³-hybridized carbons (Fsp3) is 0.0200. The zero-order chi connectivity index (χ0) is 42.2. The molecular weight excluding hydrogens is 844 g/mol. The molecule has 0 amide bonds. The van der Waals surface area contributed by atoms with Crippen LogP contribution in [0, 0.1) is 0 Å². The van der Waals surface area contributed by atoms with Crippen LogP contribution in [-0.4, -0.2) is 18.9 Å². The molecule has 0 unspecified atom stereocenters. The number of para-hydroxylation sites is 1. The van der Waals surface area contributed by atoms with Crippen molar-refractivity contribution in [2.24, 2.45) is 0 Å². The van der Waals surface area contributed by atoms with Crippen LogP contribution in [0.2, 0.25) is 0 Å². The van der Waals surface area contributed by atoms with Gasteiger partial charge in [-0.1, -0.05) is 97.1 Å². The van der Waals surface area contributed by atoms with Gasteiger partial charge in [0.1, 0.15) is 5.75 Å². The molecule has 8 aromatic carbocycles. The Morgan fingerprint density at radius 1 is 0.484 bits per heavy atom. The summed E-state index contributed by atoms with van der Waals surface area (Å²) in [7, 11) is -6.05. The molecule has 11 rings (SSSR count). The molecule has 0 saturated carbocycles. The average molecular weight is 874 g/mol. The number of pyridine rings is 1. The van der Waals surface area contributed by atoms with Crippen molar-refractivity contribution in [3.05, 3.63) is 182 Å². The molecule has 0 aliphatic rings. The van der Waals surface area contributed by atoms with Crippen LogP contribution in [0.1, 0.15) is 0 Å². The van der Waals surface area contributed by atoms with E-state index in [4.69, 9.17) is 4.18 Å². The Labute approximate surface area is 361 Å². The Morgan fingerprint density at radius 3 is 1.92 bits per heavy atom. The SMILES string of the molecule is O=S(=O)(Oc1cc(N(c2cccnc2)c2cccc3c2sc2ccccc23)c2sc3ccc(N(c4ccccc4)c4cc5ccccc5c5ccccc45)cc3c2c1)C(F)(F)F. The van der Waals surface area contributed by atoms with Gasteiger partial charge in [0.15, 0.2) is 0 Å². The van der Waals surface area contributed by atoms with Crippen molar-refractivity contribution in [3.63, 3.8) is 0 Å². The van der Waals surface area contributed by atoms with E-state index in [1.807, 2.05) is 114 Å². The van der Waals surface area contributed by atoms with Crippen molar-refractivity contribution in [3.8, 4) is 5.75 Å². The lowest BCUT2D eigenvalue weighted by Gasteiger charge is -2.27. The summed E-state index contributed by atoms with van der Waals surface area (Å²) in [6, 6.07) is 55.2. The van der Waals surface area contributed by atoms with Crippen molar-refractivity contribution >= 4 is 129 Å². The second-order valence-electron chi connectivity index (χ2n) is 14.7. The maximum atomic E-state index is 14.0. The van der Waals surface area contributed by atoms with Gasteiger partial charge in [0, 0.05) is 60.0 Å². The van der Waals surface area contributed by atoms with E-state index in [9.17, 15) is 21.6 Å². The summed E-state index contributed by atoms with van der Waals surface area (Å²) in [6.45, 7) is 0. The summed E-state index contributed by atoms with van der Waals surface area (Å²) in [6.07, 6.45) is 3.32. The number of rotatable bonds is 8. The van der Waals surface area contributed by atoms with Gasteiger partial charge in [0.2, 0.25) is 0 Å². The largest absolute Gasteiger partial charge is 0.534 e. The Hall–Kier alpha value is -6.99. The first kappa shape index (κ1) is 38.0. The number of aromatic nitrogens is 1.